The minimum Gasteiger partial charge on any atom is -0.493 e. The van der Waals surface area contributed by atoms with Gasteiger partial charge in [-0.2, -0.15) is 5.26 Å². The Morgan fingerprint density at radius 2 is 1.83 bits per heavy atom. The van der Waals surface area contributed by atoms with E-state index in [-0.39, 0.29) is 6.10 Å². The van der Waals surface area contributed by atoms with Gasteiger partial charge < -0.3 is 9.47 Å². The summed E-state index contributed by atoms with van der Waals surface area (Å²) in [4.78, 5) is 0. The van der Waals surface area contributed by atoms with Crippen LogP contribution < -0.4 is 9.47 Å². The molecule has 4 heteroatoms. The minimum atomic E-state index is 0.0639. The maximum atomic E-state index is 9.40. The summed E-state index contributed by atoms with van der Waals surface area (Å²) in [6.07, 6.45) is 1.87. The Hall–Kier alpha value is -2.44. The number of allylic oxidation sites excluding steroid dienone is 1. The summed E-state index contributed by atoms with van der Waals surface area (Å²) in [7, 11) is 1.60. The predicted octanol–water partition coefficient (Wildman–Crippen LogP) is 5.20. The van der Waals surface area contributed by atoms with Crippen LogP contribution >= 0.6 is 11.6 Å². The number of hydrogen-bond acceptors (Lipinski definition) is 3. The SMILES string of the molecule is COc1cc(/C=C(/C#N)c2ccc(Cl)cc2)ccc1OC(C)C. The van der Waals surface area contributed by atoms with Crippen molar-refractivity contribution in [3.63, 3.8) is 0 Å². The largest absolute Gasteiger partial charge is 0.493 e. The molecule has 0 unspecified atom stereocenters. The van der Waals surface area contributed by atoms with Crippen molar-refractivity contribution in [2.24, 2.45) is 0 Å². The van der Waals surface area contributed by atoms with Crippen molar-refractivity contribution in [2.75, 3.05) is 7.11 Å². The van der Waals surface area contributed by atoms with Crippen LogP contribution in [0.2, 0.25) is 5.02 Å². The highest BCUT2D eigenvalue weighted by molar-refractivity contribution is 6.30. The Labute approximate surface area is 141 Å². The molecule has 0 atom stereocenters. The van der Waals surface area contributed by atoms with Crippen LogP contribution in [0.3, 0.4) is 0 Å². The molecule has 0 saturated carbocycles. The van der Waals surface area contributed by atoms with Gasteiger partial charge in [-0.15, -0.1) is 0 Å². The summed E-state index contributed by atoms with van der Waals surface area (Å²) in [5.41, 5.74) is 2.24. The topological polar surface area (TPSA) is 42.2 Å². The molecule has 3 nitrogen and oxygen atoms in total. The van der Waals surface area contributed by atoms with E-state index >= 15 is 0 Å². The van der Waals surface area contributed by atoms with E-state index in [1.165, 1.54) is 0 Å². The molecule has 0 aliphatic carbocycles. The molecule has 0 radical (unpaired) electrons. The second-order valence-corrected chi connectivity index (χ2v) is 5.69. The third-order valence-corrected chi connectivity index (χ3v) is 3.39. The van der Waals surface area contributed by atoms with E-state index in [4.69, 9.17) is 21.1 Å². The van der Waals surface area contributed by atoms with Crippen LogP contribution in [0.1, 0.15) is 25.0 Å². The van der Waals surface area contributed by atoms with Gasteiger partial charge in [-0.1, -0.05) is 29.8 Å². The Balaban J connectivity index is 2.36. The highest BCUT2D eigenvalue weighted by Gasteiger charge is 2.08. The number of hydrogen-bond donors (Lipinski definition) is 0. The number of rotatable bonds is 5. The van der Waals surface area contributed by atoms with E-state index in [0.29, 0.717) is 22.1 Å². The fourth-order valence-electron chi connectivity index (χ4n) is 2.10. The highest BCUT2D eigenvalue weighted by Crippen LogP contribution is 2.30. The van der Waals surface area contributed by atoms with Crippen molar-refractivity contribution in [3.8, 4) is 17.6 Å². The molecule has 0 N–H and O–H groups in total. The molecule has 0 aliphatic heterocycles. The summed E-state index contributed by atoms with van der Waals surface area (Å²) in [6, 6.07) is 15.0. The van der Waals surface area contributed by atoms with E-state index in [0.717, 1.165) is 11.1 Å². The number of methoxy groups -OCH3 is 1. The normalized spacial score (nSPS) is 11.2. The first-order valence-electron chi connectivity index (χ1n) is 7.26. The minimum absolute atomic E-state index is 0.0639. The zero-order valence-corrected chi connectivity index (χ0v) is 14.1. The molecular formula is C19H18ClNO2. The van der Waals surface area contributed by atoms with Crippen molar-refractivity contribution >= 4 is 23.3 Å². The van der Waals surface area contributed by atoms with Crippen LogP contribution in [0.4, 0.5) is 0 Å². The molecule has 2 aromatic carbocycles. The van der Waals surface area contributed by atoms with Gasteiger partial charge in [-0.3, -0.25) is 0 Å². The predicted molar refractivity (Wildman–Crippen MR) is 93.7 cm³/mol. The van der Waals surface area contributed by atoms with E-state index in [9.17, 15) is 5.26 Å². The van der Waals surface area contributed by atoms with Gasteiger partial charge in [0.05, 0.1) is 24.9 Å². The van der Waals surface area contributed by atoms with Gasteiger partial charge in [0.2, 0.25) is 0 Å². The van der Waals surface area contributed by atoms with Gasteiger partial charge in [0.25, 0.3) is 0 Å². The zero-order chi connectivity index (χ0) is 16.8. The fourth-order valence-corrected chi connectivity index (χ4v) is 2.23. The van der Waals surface area contributed by atoms with Gasteiger partial charge in [0.15, 0.2) is 11.5 Å². The highest BCUT2D eigenvalue weighted by atomic mass is 35.5. The maximum absolute atomic E-state index is 9.40. The van der Waals surface area contributed by atoms with Crippen LogP contribution in [-0.2, 0) is 0 Å². The Kier molecular flexibility index (Phi) is 5.67. The number of nitrogens with zero attached hydrogens (tertiary/aromatic N) is 1. The van der Waals surface area contributed by atoms with Crippen LogP contribution in [-0.4, -0.2) is 13.2 Å². The molecule has 23 heavy (non-hydrogen) atoms. The first kappa shape index (κ1) is 16.9. The Bertz CT molecular complexity index is 743. The monoisotopic (exact) mass is 327 g/mol. The summed E-state index contributed by atoms with van der Waals surface area (Å²) < 4.78 is 11.1. The van der Waals surface area contributed by atoms with Gasteiger partial charge in [0, 0.05) is 5.02 Å². The summed E-state index contributed by atoms with van der Waals surface area (Å²) in [5.74, 6) is 1.32. The second-order valence-electron chi connectivity index (χ2n) is 5.25. The molecular weight excluding hydrogens is 310 g/mol. The van der Waals surface area contributed by atoms with Crippen molar-refractivity contribution in [1.82, 2.24) is 0 Å². The van der Waals surface area contributed by atoms with E-state index in [2.05, 4.69) is 6.07 Å². The van der Waals surface area contributed by atoms with E-state index < -0.39 is 0 Å². The molecule has 0 heterocycles. The van der Waals surface area contributed by atoms with Crippen LogP contribution in [0.5, 0.6) is 11.5 Å². The Morgan fingerprint density at radius 3 is 2.39 bits per heavy atom. The number of halogens is 1. The molecule has 0 fully saturated rings. The summed E-state index contributed by atoms with van der Waals surface area (Å²) in [6.45, 7) is 3.92. The lowest BCUT2D eigenvalue weighted by Gasteiger charge is -2.14. The van der Waals surface area contributed by atoms with Crippen molar-refractivity contribution in [2.45, 2.75) is 20.0 Å². The molecule has 2 rings (SSSR count). The van der Waals surface area contributed by atoms with Crippen molar-refractivity contribution < 1.29 is 9.47 Å². The van der Waals surface area contributed by atoms with Gasteiger partial charge in [-0.05, 0) is 55.3 Å². The molecule has 2 aromatic rings. The van der Waals surface area contributed by atoms with Crippen LogP contribution in [0.15, 0.2) is 42.5 Å². The van der Waals surface area contributed by atoms with Gasteiger partial charge >= 0.3 is 0 Å². The molecule has 0 amide bonds. The number of ether oxygens (including phenoxy) is 2. The lowest BCUT2D eigenvalue weighted by Crippen LogP contribution is -2.06. The number of nitriles is 1. The molecule has 0 bridgehead atoms. The molecule has 0 aromatic heterocycles. The third kappa shape index (κ3) is 4.51. The lowest BCUT2D eigenvalue weighted by molar-refractivity contribution is 0.230. The molecule has 118 valence electrons. The first-order chi connectivity index (χ1) is 11.0. The fraction of sp³-hybridized carbons (Fsp3) is 0.211. The first-order valence-corrected chi connectivity index (χ1v) is 7.63. The zero-order valence-electron chi connectivity index (χ0n) is 13.3. The standard InChI is InChI=1S/C19H18ClNO2/c1-13(2)23-18-9-4-14(11-19(18)22-3)10-16(12-21)15-5-7-17(20)8-6-15/h4-11,13H,1-3H3/b16-10-. The van der Waals surface area contributed by atoms with Gasteiger partial charge in [-0.25, -0.2) is 0 Å². The molecule has 0 aliphatic rings. The average Bonchev–Trinajstić information content (AvgIpc) is 2.54. The van der Waals surface area contributed by atoms with E-state index in [1.54, 1.807) is 19.2 Å². The summed E-state index contributed by atoms with van der Waals surface area (Å²) in [5, 5.41) is 10.0. The quantitative estimate of drug-likeness (QED) is 0.560. The third-order valence-electron chi connectivity index (χ3n) is 3.14. The number of benzene rings is 2. The summed E-state index contributed by atoms with van der Waals surface area (Å²) >= 11 is 5.89. The second kappa shape index (κ2) is 7.71. The molecule has 0 spiro atoms. The van der Waals surface area contributed by atoms with Crippen molar-refractivity contribution in [1.29, 1.82) is 5.26 Å². The van der Waals surface area contributed by atoms with Gasteiger partial charge in [0.1, 0.15) is 0 Å². The lowest BCUT2D eigenvalue weighted by atomic mass is 10.0. The van der Waals surface area contributed by atoms with Crippen LogP contribution in [0.25, 0.3) is 11.6 Å². The average molecular weight is 328 g/mol. The smallest absolute Gasteiger partial charge is 0.161 e. The molecule has 0 saturated heterocycles. The van der Waals surface area contributed by atoms with E-state index in [1.807, 2.05) is 50.3 Å². The van der Waals surface area contributed by atoms with Crippen LogP contribution in [0, 0.1) is 11.3 Å². The Morgan fingerprint density at radius 1 is 1.13 bits per heavy atom. The van der Waals surface area contributed by atoms with Crippen molar-refractivity contribution in [3.05, 3.63) is 58.6 Å². The maximum Gasteiger partial charge on any atom is 0.161 e.